The summed E-state index contributed by atoms with van der Waals surface area (Å²) in [5.74, 6) is 1.78. The monoisotopic (exact) mass is 518 g/mol. The first-order chi connectivity index (χ1) is 13.4. The van der Waals surface area contributed by atoms with Gasteiger partial charge in [0.2, 0.25) is 5.91 Å². The van der Waals surface area contributed by atoms with E-state index in [1.807, 2.05) is 39.0 Å². The number of carbonyl (C=O) groups is 1. The van der Waals surface area contributed by atoms with E-state index in [-0.39, 0.29) is 36.0 Å². The molecule has 0 atom stereocenters. The van der Waals surface area contributed by atoms with Crippen LogP contribution in [0.2, 0.25) is 0 Å². The molecule has 8 heteroatoms. The van der Waals surface area contributed by atoms with Gasteiger partial charge in [0.05, 0.1) is 25.2 Å². The Morgan fingerprint density at radius 1 is 1.28 bits per heavy atom. The van der Waals surface area contributed by atoms with Crippen LogP contribution in [0.5, 0.6) is 11.5 Å². The number of para-hydroxylation sites is 1. The molecule has 0 heterocycles. The minimum Gasteiger partial charge on any atom is -0.493 e. The standard InChI is InChI=1S/C21H34N4O3.HI/c1-5-23-20(25-14-21(2,3)19(22)26)24-13-15-9-8-12-17(27-4)18(15)28-16-10-6-7-11-16;/h8-9,12,16H,5-7,10-11,13-14H2,1-4H3,(H2,22,26)(H2,23,24,25);1H. The lowest BCUT2D eigenvalue weighted by molar-refractivity contribution is -0.125. The Bertz CT molecular complexity index is 689. The second-order valence-electron chi connectivity index (χ2n) is 7.77. The molecule has 1 aliphatic carbocycles. The summed E-state index contributed by atoms with van der Waals surface area (Å²) in [4.78, 5) is 16.2. The quantitative estimate of drug-likeness (QED) is 0.265. The Morgan fingerprint density at radius 2 is 1.97 bits per heavy atom. The molecule has 0 spiro atoms. The molecule has 0 aliphatic heterocycles. The number of hydrogen-bond acceptors (Lipinski definition) is 4. The van der Waals surface area contributed by atoms with Gasteiger partial charge in [0.15, 0.2) is 17.5 Å². The number of rotatable bonds is 9. The lowest BCUT2D eigenvalue weighted by Crippen LogP contribution is -2.46. The average Bonchev–Trinajstić information content (AvgIpc) is 3.18. The van der Waals surface area contributed by atoms with Crippen molar-refractivity contribution < 1.29 is 14.3 Å². The molecule has 164 valence electrons. The molecular formula is C21H35IN4O3. The van der Waals surface area contributed by atoms with Crippen LogP contribution in [0.3, 0.4) is 0 Å². The molecule has 7 nitrogen and oxygen atoms in total. The molecule has 1 aromatic rings. The normalized spacial score (nSPS) is 14.8. The van der Waals surface area contributed by atoms with Crippen LogP contribution in [0, 0.1) is 5.41 Å². The van der Waals surface area contributed by atoms with Crippen LogP contribution in [0.1, 0.15) is 52.0 Å². The van der Waals surface area contributed by atoms with Gasteiger partial charge >= 0.3 is 0 Å². The summed E-state index contributed by atoms with van der Waals surface area (Å²) in [5.41, 5.74) is 5.76. The number of nitrogens with two attached hydrogens (primary N) is 1. The number of aliphatic imine (C=N–C) groups is 1. The SMILES string of the molecule is CCNC(=NCc1cccc(OC)c1OC1CCCC1)NCC(C)(C)C(N)=O.I. The summed E-state index contributed by atoms with van der Waals surface area (Å²) >= 11 is 0. The van der Waals surface area contributed by atoms with Crippen molar-refractivity contribution in [1.82, 2.24) is 10.6 Å². The van der Waals surface area contributed by atoms with E-state index in [0.29, 0.717) is 25.6 Å². The molecular weight excluding hydrogens is 483 g/mol. The van der Waals surface area contributed by atoms with E-state index in [1.54, 1.807) is 7.11 Å². The Kier molecular flexibility index (Phi) is 10.6. The third-order valence-corrected chi connectivity index (χ3v) is 4.98. The summed E-state index contributed by atoms with van der Waals surface area (Å²) in [5, 5.41) is 6.40. The van der Waals surface area contributed by atoms with Gasteiger partial charge in [0.25, 0.3) is 0 Å². The number of ether oxygens (including phenoxy) is 2. The highest BCUT2D eigenvalue weighted by Crippen LogP contribution is 2.35. The predicted octanol–water partition coefficient (Wildman–Crippen LogP) is 3.20. The highest BCUT2D eigenvalue weighted by molar-refractivity contribution is 14.0. The van der Waals surface area contributed by atoms with Crippen LogP contribution >= 0.6 is 24.0 Å². The summed E-state index contributed by atoms with van der Waals surface area (Å²) in [6, 6.07) is 5.87. The van der Waals surface area contributed by atoms with E-state index in [0.717, 1.165) is 29.9 Å². The van der Waals surface area contributed by atoms with Gasteiger partial charge < -0.3 is 25.8 Å². The smallest absolute Gasteiger partial charge is 0.224 e. The highest BCUT2D eigenvalue weighted by atomic mass is 127. The molecule has 1 saturated carbocycles. The van der Waals surface area contributed by atoms with Crippen molar-refractivity contribution in [3.05, 3.63) is 23.8 Å². The summed E-state index contributed by atoms with van der Waals surface area (Å²) in [7, 11) is 1.65. The van der Waals surface area contributed by atoms with Crippen molar-refractivity contribution >= 4 is 35.8 Å². The highest BCUT2D eigenvalue weighted by Gasteiger charge is 2.25. The van der Waals surface area contributed by atoms with E-state index in [9.17, 15) is 4.79 Å². The molecule has 29 heavy (non-hydrogen) atoms. The minimum absolute atomic E-state index is 0. The van der Waals surface area contributed by atoms with E-state index in [1.165, 1.54) is 12.8 Å². The molecule has 0 saturated heterocycles. The topological polar surface area (TPSA) is 98.0 Å². The zero-order valence-electron chi connectivity index (χ0n) is 17.9. The average molecular weight is 518 g/mol. The van der Waals surface area contributed by atoms with Crippen molar-refractivity contribution in [1.29, 1.82) is 0 Å². The number of nitrogens with one attached hydrogen (secondary N) is 2. The minimum atomic E-state index is -0.664. The van der Waals surface area contributed by atoms with Gasteiger partial charge in [-0.25, -0.2) is 4.99 Å². The zero-order chi connectivity index (χ0) is 20.6. The van der Waals surface area contributed by atoms with Gasteiger partial charge in [-0.1, -0.05) is 12.1 Å². The van der Waals surface area contributed by atoms with Gasteiger partial charge in [0.1, 0.15) is 0 Å². The number of amides is 1. The molecule has 2 rings (SSSR count). The number of benzene rings is 1. The lowest BCUT2D eigenvalue weighted by atomic mass is 9.93. The summed E-state index contributed by atoms with van der Waals surface area (Å²) in [6.45, 7) is 7.16. The predicted molar refractivity (Wildman–Crippen MR) is 127 cm³/mol. The number of nitrogens with zero attached hydrogens (tertiary/aromatic N) is 1. The van der Waals surface area contributed by atoms with E-state index in [4.69, 9.17) is 15.2 Å². The van der Waals surface area contributed by atoms with Crippen LogP contribution < -0.4 is 25.8 Å². The molecule has 1 amide bonds. The van der Waals surface area contributed by atoms with Crippen molar-refractivity contribution in [2.45, 2.75) is 59.1 Å². The number of hydrogen-bond donors (Lipinski definition) is 3. The maximum Gasteiger partial charge on any atom is 0.224 e. The van der Waals surface area contributed by atoms with Crippen LogP contribution in [-0.2, 0) is 11.3 Å². The third-order valence-electron chi connectivity index (χ3n) is 4.98. The van der Waals surface area contributed by atoms with Crippen molar-refractivity contribution in [3.8, 4) is 11.5 Å². The molecule has 1 aromatic carbocycles. The van der Waals surface area contributed by atoms with Crippen molar-refractivity contribution in [3.63, 3.8) is 0 Å². The van der Waals surface area contributed by atoms with E-state index >= 15 is 0 Å². The van der Waals surface area contributed by atoms with Gasteiger partial charge in [0, 0.05) is 18.7 Å². The first-order valence-corrected chi connectivity index (χ1v) is 10.0. The fourth-order valence-corrected chi connectivity index (χ4v) is 3.05. The van der Waals surface area contributed by atoms with Crippen molar-refractivity contribution in [2.75, 3.05) is 20.2 Å². The number of guanidine groups is 1. The van der Waals surface area contributed by atoms with Crippen LogP contribution in [0.15, 0.2) is 23.2 Å². The lowest BCUT2D eigenvalue weighted by Gasteiger charge is -2.22. The summed E-state index contributed by atoms with van der Waals surface area (Å²) < 4.78 is 11.8. The summed E-state index contributed by atoms with van der Waals surface area (Å²) in [6.07, 6.45) is 4.80. The number of methoxy groups -OCH3 is 1. The van der Waals surface area contributed by atoms with Gasteiger partial charge in [-0.3, -0.25) is 4.79 Å². The Labute approximate surface area is 191 Å². The first-order valence-electron chi connectivity index (χ1n) is 10.0. The zero-order valence-corrected chi connectivity index (χ0v) is 20.2. The molecule has 0 radical (unpaired) electrons. The first kappa shape index (κ1) is 25.3. The van der Waals surface area contributed by atoms with Gasteiger partial charge in [-0.05, 0) is 52.5 Å². The number of halogens is 1. The fourth-order valence-electron chi connectivity index (χ4n) is 3.05. The Morgan fingerprint density at radius 3 is 2.55 bits per heavy atom. The van der Waals surface area contributed by atoms with Crippen LogP contribution in [-0.4, -0.2) is 38.2 Å². The molecule has 1 fully saturated rings. The maximum absolute atomic E-state index is 11.5. The van der Waals surface area contributed by atoms with Gasteiger partial charge in [-0.15, -0.1) is 24.0 Å². The van der Waals surface area contributed by atoms with Crippen LogP contribution in [0.4, 0.5) is 0 Å². The molecule has 0 aromatic heterocycles. The fraction of sp³-hybridized carbons (Fsp3) is 0.619. The van der Waals surface area contributed by atoms with Crippen molar-refractivity contribution in [2.24, 2.45) is 16.1 Å². The second kappa shape index (κ2) is 12.1. The largest absolute Gasteiger partial charge is 0.493 e. The third kappa shape index (κ3) is 7.56. The maximum atomic E-state index is 11.5. The van der Waals surface area contributed by atoms with E-state index in [2.05, 4.69) is 15.6 Å². The number of carbonyl (C=O) groups excluding carboxylic acids is 1. The molecule has 0 bridgehead atoms. The Balaban J connectivity index is 0.00000420. The van der Waals surface area contributed by atoms with E-state index < -0.39 is 5.41 Å². The molecule has 4 N–H and O–H groups in total. The molecule has 0 unspecified atom stereocenters. The second-order valence-corrected chi connectivity index (χ2v) is 7.77. The molecule has 1 aliphatic rings. The van der Waals surface area contributed by atoms with Crippen LogP contribution in [0.25, 0.3) is 0 Å². The van der Waals surface area contributed by atoms with Gasteiger partial charge in [-0.2, -0.15) is 0 Å². The Hall–Kier alpha value is -1.71. The number of primary amides is 1.